The van der Waals surface area contributed by atoms with Gasteiger partial charge in [-0.1, -0.05) is 0 Å². The van der Waals surface area contributed by atoms with Crippen LogP contribution in [0.1, 0.15) is 10.4 Å². The zero-order valence-electron chi connectivity index (χ0n) is 14.4. The Labute approximate surface area is 148 Å². The normalized spacial score (nSPS) is 9.65. The van der Waals surface area contributed by atoms with Gasteiger partial charge in [0.05, 0.1) is 26.9 Å². The minimum atomic E-state index is -0.681. The van der Waals surface area contributed by atoms with Gasteiger partial charge in [0.15, 0.2) is 26.1 Å². The third kappa shape index (κ3) is 6.30. The molecule has 142 valence electrons. The van der Waals surface area contributed by atoms with E-state index in [1.165, 1.54) is 33.5 Å². The average Bonchev–Trinajstić information content (AvgIpc) is 2.67. The van der Waals surface area contributed by atoms with Crippen molar-refractivity contribution in [2.45, 2.75) is 0 Å². The van der Waals surface area contributed by atoms with Crippen LogP contribution in [0, 0.1) is 0 Å². The number of carbonyl (C=O) groups excluding carboxylic acids is 4. The molecule has 1 aromatic carbocycles. The highest BCUT2D eigenvalue weighted by molar-refractivity contribution is 5.85. The van der Waals surface area contributed by atoms with Crippen LogP contribution >= 0.6 is 0 Å². The topological polar surface area (TPSA) is 124 Å². The molecule has 0 heterocycles. The number of aldehydes is 1. The summed E-state index contributed by atoms with van der Waals surface area (Å²) >= 11 is 0. The van der Waals surface area contributed by atoms with Gasteiger partial charge in [-0.05, 0) is 0 Å². The summed E-state index contributed by atoms with van der Waals surface area (Å²) in [5.41, 5.74) is -0.0665. The predicted octanol–water partition coefficient (Wildman–Crippen LogP) is 0.155. The van der Waals surface area contributed by atoms with Crippen LogP contribution in [0.2, 0.25) is 0 Å². The third-order valence-electron chi connectivity index (χ3n) is 2.93. The van der Waals surface area contributed by atoms with E-state index in [1.807, 2.05) is 0 Å². The summed E-state index contributed by atoms with van der Waals surface area (Å²) in [5.74, 6) is -2.04. The molecule has 0 aliphatic carbocycles. The molecule has 0 aromatic heterocycles. The Hall–Kier alpha value is -3.30. The van der Waals surface area contributed by atoms with Crippen molar-refractivity contribution in [3.05, 3.63) is 17.7 Å². The van der Waals surface area contributed by atoms with Gasteiger partial charge in [-0.3, -0.25) is 4.79 Å². The largest absolute Gasteiger partial charge is 0.482 e. The molecule has 0 amide bonds. The third-order valence-corrected chi connectivity index (χ3v) is 2.93. The van der Waals surface area contributed by atoms with E-state index in [1.54, 1.807) is 0 Å². The summed E-state index contributed by atoms with van der Waals surface area (Å²) in [5, 5.41) is 0. The lowest BCUT2D eigenvalue weighted by Crippen LogP contribution is -2.16. The van der Waals surface area contributed by atoms with Gasteiger partial charge in [0.1, 0.15) is 17.2 Å². The highest BCUT2D eigenvalue weighted by Gasteiger charge is 2.17. The smallest absolute Gasteiger partial charge is 0.343 e. The SMILES string of the molecule is COC(=O)COc1cc(OCC(=O)OC)c(C=O)c(OCC(=O)OC)c1. The minimum absolute atomic E-state index is 0.0624. The number of esters is 3. The summed E-state index contributed by atoms with van der Waals surface area (Å²) in [7, 11) is 3.54. The van der Waals surface area contributed by atoms with Crippen molar-refractivity contribution in [3.63, 3.8) is 0 Å². The highest BCUT2D eigenvalue weighted by atomic mass is 16.6. The molecular formula is C16H18O10. The monoisotopic (exact) mass is 370 g/mol. The zero-order chi connectivity index (χ0) is 19.5. The molecule has 0 atom stereocenters. The van der Waals surface area contributed by atoms with Crippen LogP contribution in [-0.4, -0.2) is 65.3 Å². The van der Waals surface area contributed by atoms with Crippen LogP contribution in [0.5, 0.6) is 17.2 Å². The molecule has 0 unspecified atom stereocenters. The van der Waals surface area contributed by atoms with Crippen LogP contribution < -0.4 is 14.2 Å². The molecule has 0 fully saturated rings. The van der Waals surface area contributed by atoms with Crippen LogP contribution in [0.15, 0.2) is 12.1 Å². The second-order valence-electron chi connectivity index (χ2n) is 4.55. The van der Waals surface area contributed by atoms with Gasteiger partial charge >= 0.3 is 17.9 Å². The molecule has 26 heavy (non-hydrogen) atoms. The van der Waals surface area contributed by atoms with E-state index in [4.69, 9.17) is 14.2 Å². The summed E-state index contributed by atoms with van der Waals surface area (Å²) in [6.07, 6.45) is 0.420. The van der Waals surface area contributed by atoms with E-state index in [-0.39, 0.29) is 22.8 Å². The van der Waals surface area contributed by atoms with E-state index in [0.717, 1.165) is 0 Å². The van der Waals surface area contributed by atoms with E-state index in [9.17, 15) is 19.2 Å². The maximum atomic E-state index is 11.4. The Morgan fingerprint density at radius 3 is 1.50 bits per heavy atom. The molecule has 1 aromatic rings. The fourth-order valence-electron chi connectivity index (χ4n) is 1.61. The van der Waals surface area contributed by atoms with Crippen molar-refractivity contribution >= 4 is 24.2 Å². The van der Waals surface area contributed by atoms with Gasteiger partial charge in [0.25, 0.3) is 0 Å². The molecule has 0 spiro atoms. The number of methoxy groups -OCH3 is 3. The summed E-state index contributed by atoms with van der Waals surface area (Å²) in [6.45, 7) is -1.37. The first-order chi connectivity index (χ1) is 12.4. The maximum absolute atomic E-state index is 11.4. The molecule has 0 saturated heterocycles. The van der Waals surface area contributed by atoms with Crippen LogP contribution in [-0.2, 0) is 28.6 Å². The first kappa shape index (κ1) is 20.7. The number of hydrogen-bond acceptors (Lipinski definition) is 10. The molecule has 10 nitrogen and oxygen atoms in total. The number of rotatable bonds is 10. The van der Waals surface area contributed by atoms with Gasteiger partial charge in [-0.2, -0.15) is 0 Å². The molecular weight excluding hydrogens is 352 g/mol. The van der Waals surface area contributed by atoms with E-state index < -0.39 is 37.7 Å². The van der Waals surface area contributed by atoms with Crippen LogP contribution in [0.4, 0.5) is 0 Å². The van der Waals surface area contributed by atoms with Crippen molar-refractivity contribution in [3.8, 4) is 17.2 Å². The van der Waals surface area contributed by atoms with Gasteiger partial charge in [0.2, 0.25) is 0 Å². The highest BCUT2D eigenvalue weighted by Crippen LogP contribution is 2.33. The van der Waals surface area contributed by atoms with Crippen molar-refractivity contribution in [2.24, 2.45) is 0 Å². The Morgan fingerprint density at radius 2 is 1.15 bits per heavy atom. The number of benzene rings is 1. The number of ether oxygens (including phenoxy) is 6. The van der Waals surface area contributed by atoms with Crippen molar-refractivity contribution in [2.75, 3.05) is 41.2 Å². The fourth-order valence-corrected chi connectivity index (χ4v) is 1.61. The molecule has 0 N–H and O–H groups in total. The van der Waals surface area contributed by atoms with Crippen molar-refractivity contribution in [1.29, 1.82) is 0 Å². The number of carbonyl (C=O) groups is 4. The van der Waals surface area contributed by atoms with Crippen LogP contribution in [0.25, 0.3) is 0 Å². The Kier molecular flexibility index (Phi) is 8.41. The van der Waals surface area contributed by atoms with Gasteiger partial charge in [-0.25, -0.2) is 14.4 Å². The lowest BCUT2D eigenvalue weighted by atomic mass is 10.2. The molecule has 0 aliphatic heterocycles. The standard InChI is InChI=1S/C16H18O10/c1-21-14(18)7-24-10-4-12(25-8-15(19)22-2)11(6-17)13(5-10)26-9-16(20)23-3/h4-6H,7-9H2,1-3H3. The van der Waals surface area contributed by atoms with Gasteiger partial charge in [-0.15, -0.1) is 0 Å². The Bertz CT molecular complexity index is 626. The molecule has 0 saturated carbocycles. The fraction of sp³-hybridized carbons (Fsp3) is 0.375. The van der Waals surface area contributed by atoms with E-state index in [2.05, 4.69) is 14.2 Å². The summed E-state index contributed by atoms with van der Waals surface area (Å²) in [6, 6.07) is 2.56. The maximum Gasteiger partial charge on any atom is 0.343 e. The second kappa shape index (κ2) is 10.5. The Balaban J connectivity index is 3.12. The molecule has 1 rings (SSSR count). The van der Waals surface area contributed by atoms with Gasteiger partial charge < -0.3 is 28.4 Å². The predicted molar refractivity (Wildman–Crippen MR) is 84.4 cm³/mol. The molecule has 0 bridgehead atoms. The van der Waals surface area contributed by atoms with Crippen LogP contribution in [0.3, 0.4) is 0 Å². The first-order valence-corrected chi connectivity index (χ1v) is 7.17. The lowest BCUT2D eigenvalue weighted by Gasteiger charge is -2.15. The minimum Gasteiger partial charge on any atom is -0.482 e. The Morgan fingerprint density at radius 1 is 0.769 bits per heavy atom. The molecule has 10 heteroatoms. The van der Waals surface area contributed by atoms with E-state index >= 15 is 0 Å². The van der Waals surface area contributed by atoms with Crippen molar-refractivity contribution in [1.82, 2.24) is 0 Å². The zero-order valence-corrected chi connectivity index (χ0v) is 14.4. The summed E-state index contributed by atoms with van der Waals surface area (Å²) in [4.78, 5) is 45.1. The van der Waals surface area contributed by atoms with Gasteiger partial charge in [0, 0.05) is 12.1 Å². The second-order valence-corrected chi connectivity index (χ2v) is 4.55. The molecule has 0 radical (unpaired) electrons. The van der Waals surface area contributed by atoms with Crippen molar-refractivity contribution < 1.29 is 47.6 Å². The quantitative estimate of drug-likeness (QED) is 0.319. The van der Waals surface area contributed by atoms with E-state index in [0.29, 0.717) is 6.29 Å². The lowest BCUT2D eigenvalue weighted by molar-refractivity contribution is -0.143. The molecule has 0 aliphatic rings. The summed E-state index contributed by atoms with van der Waals surface area (Å²) < 4.78 is 29.1. The number of hydrogen-bond donors (Lipinski definition) is 0. The average molecular weight is 370 g/mol. The first-order valence-electron chi connectivity index (χ1n) is 7.17.